The summed E-state index contributed by atoms with van der Waals surface area (Å²) in [5, 5.41) is 16.1. The van der Waals surface area contributed by atoms with Crippen LogP contribution in [0.25, 0.3) is 0 Å². The number of carbonyl (C=O) groups is 1. The van der Waals surface area contributed by atoms with Gasteiger partial charge in [0.25, 0.3) is 5.91 Å². The summed E-state index contributed by atoms with van der Waals surface area (Å²) in [5.41, 5.74) is 4.37. The van der Waals surface area contributed by atoms with Crippen molar-refractivity contribution in [2.24, 2.45) is 0 Å². The van der Waals surface area contributed by atoms with Crippen molar-refractivity contribution in [1.82, 2.24) is 5.32 Å². The lowest BCUT2D eigenvalue weighted by molar-refractivity contribution is -0.117. The molecule has 0 aliphatic heterocycles. The minimum atomic E-state index is -0.437. The van der Waals surface area contributed by atoms with Crippen molar-refractivity contribution >= 4 is 34.8 Å². The molecule has 3 rings (SSSR count). The molecule has 0 radical (unpaired) electrons. The summed E-state index contributed by atoms with van der Waals surface area (Å²) in [4.78, 5) is 12.5. The number of nitrogens with one attached hydrogen (secondary N) is 2. The Balaban J connectivity index is 1.68. The first-order valence-electron chi connectivity index (χ1n) is 9.21. The molecule has 0 saturated heterocycles. The van der Waals surface area contributed by atoms with Gasteiger partial charge in [-0.15, -0.1) is 0 Å². The van der Waals surface area contributed by atoms with Gasteiger partial charge < -0.3 is 10.6 Å². The maximum Gasteiger partial charge on any atom is 0.263 e. The average molecular weight is 414 g/mol. The SMILES string of the molecule is CC(NC(=O)/C(C#N)=C\Nc1cc(Cl)cc(Cl)c1)c1ccc2c(c1)CCCC2. The highest BCUT2D eigenvalue weighted by atomic mass is 35.5. The smallest absolute Gasteiger partial charge is 0.263 e. The molecule has 1 atom stereocenters. The maximum absolute atomic E-state index is 12.5. The van der Waals surface area contributed by atoms with E-state index in [2.05, 4.69) is 28.8 Å². The molecule has 0 spiro atoms. The highest BCUT2D eigenvalue weighted by Crippen LogP contribution is 2.25. The first kappa shape index (κ1) is 20.3. The van der Waals surface area contributed by atoms with Crippen LogP contribution in [0.3, 0.4) is 0 Å². The highest BCUT2D eigenvalue weighted by Gasteiger charge is 2.16. The number of benzene rings is 2. The van der Waals surface area contributed by atoms with Crippen LogP contribution in [0.2, 0.25) is 10.0 Å². The number of halogens is 2. The van der Waals surface area contributed by atoms with Crippen molar-refractivity contribution in [3.63, 3.8) is 0 Å². The van der Waals surface area contributed by atoms with Crippen LogP contribution in [0.4, 0.5) is 5.69 Å². The van der Waals surface area contributed by atoms with E-state index < -0.39 is 5.91 Å². The second kappa shape index (κ2) is 9.14. The van der Waals surface area contributed by atoms with Crippen molar-refractivity contribution in [2.45, 2.75) is 38.6 Å². The second-order valence-electron chi connectivity index (χ2n) is 6.90. The van der Waals surface area contributed by atoms with Crippen LogP contribution >= 0.6 is 23.2 Å². The van der Waals surface area contributed by atoms with E-state index in [1.54, 1.807) is 18.2 Å². The van der Waals surface area contributed by atoms with Gasteiger partial charge in [0.2, 0.25) is 0 Å². The third-order valence-electron chi connectivity index (χ3n) is 4.83. The number of aryl methyl sites for hydroxylation is 2. The third-order valence-corrected chi connectivity index (χ3v) is 5.27. The van der Waals surface area contributed by atoms with E-state index in [0.29, 0.717) is 15.7 Å². The molecule has 1 aliphatic rings. The lowest BCUT2D eigenvalue weighted by Crippen LogP contribution is -2.28. The van der Waals surface area contributed by atoms with Crippen LogP contribution in [0.1, 0.15) is 42.5 Å². The normalized spacial score (nSPS) is 14.6. The summed E-state index contributed by atoms with van der Waals surface area (Å²) in [6, 6.07) is 13.0. The second-order valence-corrected chi connectivity index (χ2v) is 7.78. The lowest BCUT2D eigenvalue weighted by atomic mass is 9.89. The molecule has 0 fully saturated rings. The molecule has 1 unspecified atom stereocenters. The molecule has 144 valence electrons. The zero-order valence-electron chi connectivity index (χ0n) is 15.6. The average Bonchev–Trinajstić information content (AvgIpc) is 2.67. The molecule has 28 heavy (non-hydrogen) atoms. The summed E-state index contributed by atoms with van der Waals surface area (Å²) in [6.45, 7) is 1.92. The van der Waals surface area contributed by atoms with Gasteiger partial charge in [-0.25, -0.2) is 0 Å². The monoisotopic (exact) mass is 413 g/mol. The Morgan fingerprint density at radius 3 is 2.46 bits per heavy atom. The molecule has 1 amide bonds. The van der Waals surface area contributed by atoms with Gasteiger partial charge in [-0.1, -0.05) is 41.4 Å². The molecule has 6 heteroatoms. The number of anilines is 1. The Morgan fingerprint density at radius 2 is 1.79 bits per heavy atom. The van der Waals surface area contributed by atoms with Crippen LogP contribution in [-0.4, -0.2) is 5.91 Å². The van der Waals surface area contributed by atoms with E-state index >= 15 is 0 Å². The molecule has 2 aromatic carbocycles. The van der Waals surface area contributed by atoms with Gasteiger partial charge in [-0.2, -0.15) is 5.26 Å². The number of fused-ring (bicyclic) bond motifs is 1. The zero-order chi connectivity index (χ0) is 20.1. The molecule has 4 nitrogen and oxygen atoms in total. The standard InChI is InChI=1S/C22H21Cl2N3O/c1-14(16-7-6-15-4-2-3-5-17(15)8-16)27-22(28)18(12-25)13-26-21-10-19(23)9-20(24)11-21/h6-11,13-14,26H,2-5H2,1H3,(H,27,28)/b18-13-. The minimum Gasteiger partial charge on any atom is -0.360 e. The molecule has 2 aromatic rings. The first-order chi connectivity index (χ1) is 13.5. The van der Waals surface area contributed by atoms with Gasteiger partial charge in [0.1, 0.15) is 11.6 Å². The van der Waals surface area contributed by atoms with Gasteiger partial charge in [0, 0.05) is 21.9 Å². The fourth-order valence-corrected chi connectivity index (χ4v) is 3.85. The topological polar surface area (TPSA) is 64.9 Å². The molecule has 0 aromatic heterocycles. The third kappa shape index (κ3) is 5.07. The van der Waals surface area contributed by atoms with Crippen LogP contribution in [0.15, 0.2) is 48.2 Å². The number of rotatable bonds is 5. The zero-order valence-corrected chi connectivity index (χ0v) is 17.1. The first-order valence-corrected chi connectivity index (χ1v) is 9.97. The number of nitriles is 1. The van der Waals surface area contributed by atoms with Gasteiger partial charge in [0.05, 0.1) is 6.04 Å². The molecule has 0 saturated carbocycles. The largest absolute Gasteiger partial charge is 0.360 e. The van der Waals surface area contributed by atoms with Crippen molar-refractivity contribution < 1.29 is 4.79 Å². The van der Waals surface area contributed by atoms with Crippen LogP contribution in [0, 0.1) is 11.3 Å². The van der Waals surface area contributed by atoms with Crippen molar-refractivity contribution in [2.75, 3.05) is 5.32 Å². The lowest BCUT2D eigenvalue weighted by Gasteiger charge is -2.20. The van der Waals surface area contributed by atoms with Crippen LogP contribution in [0.5, 0.6) is 0 Å². The Kier molecular flexibility index (Phi) is 6.61. The predicted octanol–water partition coefficient (Wildman–Crippen LogP) is 5.57. The van der Waals surface area contributed by atoms with Gasteiger partial charge in [-0.3, -0.25) is 4.79 Å². The van der Waals surface area contributed by atoms with Crippen LogP contribution in [-0.2, 0) is 17.6 Å². The summed E-state index contributed by atoms with van der Waals surface area (Å²) >= 11 is 11.9. The highest BCUT2D eigenvalue weighted by molar-refractivity contribution is 6.35. The number of hydrogen-bond donors (Lipinski definition) is 2. The Hall–Kier alpha value is -2.48. The molecule has 2 N–H and O–H groups in total. The predicted molar refractivity (Wildman–Crippen MR) is 113 cm³/mol. The summed E-state index contributed by atoms with van der Waals surface area (Å²) in [6.07, 6.45) is 6.00. The number of nitrogens with zero attached hydrogens (tertiary/aromatic N) is 1. The molecular formula is C22H21Cl2N3O. The Labute approximate surface area is 175 Å². The van der Waals surface area contributed by atoms with Gasteiger partial charge >= 0.3 is 0 Å². The molecule has 0 heterocycles. The number of hydrogen-bond acceptors (Lipinski definition) is 3. The quantitative estimate of drug-likeness (QED) is 0.497. The minimum absolute atomic E-state index is 0.0269. The van der Waals surface area contributed by atoms with Crippen LogP contribution < -0.4 is 10.6 Å². The van der Waals surface area contributed by atoms with E-state index in [4.69, 9.17) is 23.2 Å². The molecule has 0 bridgehead atoms. The van der Waals surface area contributed by atoms with E-state index in [0.717, 1.165) is 18.4 Å². The maximum atomic E-state index is 12.5. The Morgan fingerprint density at radius 1 is 1.11 bits per heavy atom. The van der Waals surface area contributed by atoms with Crippen molar-refractivity contribution in [1.29, 1.82) is 5.26 Å². The van der Waals surface area contributed by atoms with Crippen molar-refractivity contribution in [3.05, 3.63) is 74.9 Å². The summed E-state index contributed by atoms with van der Waals surface area (Å²) < 4.78 is 0. The van der Waals surface area contributed by atoms with E-state index in [1.807, 2.05) is 13.0 Å². The summed E-state index contributed by atoms with van der Waals surface area (Å²) in [7, 11) is 0. The summed E-state index contributed by atoms with van der Waals surface area (Å²) in [5.74, 6) is -0.437. The van der Waals surface area contributed by atoms with Gasteiger partial charge in [0.15, 0.2) is 0 Å². The van der Waals surface area contributed by atoms with E-state index in [9.17, 15) is 10.1 Å². The van der Waals surface area contributed by atoms with Crippen molar-refractivity contribution in [3.8, 4) is 6.07 Å². The number of amides is 1. The fourth-order valence-electron chi connectivity index (χ4n) is 3.32. The van der Waals surface area contributed by atoms with Gasteiger partial charge in [-0.05, 0) is 67.5 Å². The van der Waals surface area contributed by atoms with E-state index in [-0.39, 0.29) is 11.6 Å². The molecule has 1 aliphatic carbocycles. The number of carbonyl (C=O) groups excluding carboxylic acids is 1. The van der Waals surface area contributed by atoms with E-state index in [1.165, 1.54) is 30.2 Å². The molecular weight excluding hydrogens is 393 g/mol. The fraction of sp³-hybridized carbons (Fsp3) is 0.273. The Bertz CT molecular complexity index is 942.